The standard InChI is InChI=1S/C32H34N4O4S/c1-21(2)18-33-27(37)19-35-28(38)20-41-31(25-12-8-9-13-26(25)40-4)29-30(22-10-6-5-7-11-22)34-36(32(29)35)23-14-16-24(39-3)17-15-23/h5-17,21,31H,18-20H2,1-4H3,(H,33,37)/t31-/m0/s1. The highest BCUT2D eigenvalue weighted by Gasteiger charge is 2.38. The lowest BCUT2D eigenvalue weighted by Gasteiger charge is -2.24. The molecule has 4 aromatic rings. The van der Waals surface area contributed by atoms with Crippen LogP contribution in [0.2, 0.25) is 0 Å². The summed E-state index contributed by atoms with van der Waals surface area (Å²) >= 11 is 1.51. The van der Waals surface area contributed by atoms with Crippen molar-refractivity contribution in [3.8, 4) is 28.4 Å². The topological polar surface area (TPSA) is 85.7 Å². The number of nitrogens with zero attached hydrogens (tertiary/aromatic N) is 3. The molecule has 0 aliphatic carbocycles. The monoisotopic (exact) mass is 570 g/mol. The van der Waals surface area contributed by atoms with Crippen molar-refractivity contribution in [2.45, 2.75) is 19.1 Å². The molecule has 2 amide bonds. The van der Waals surface area contributed by atoms with Gasteiger partial charge >= 0.3 is 0 Å². The van der Waals surface area contributed by atoms with E-state index in [4.69, 9.17) is 14.6 Å². The molecule has 1 atom stereocenters. The van der Waals surface area contributed by atoms with Crippen molar-refractivity contribution in [3.05, 3.63) is 90.0 Å². The molecule has 5 rings (SSSR count). The Kier molecular flexibility index (Phi) is 8.64. The molecule has 9 heteroatoms. The number of amides is 2. The van der Waals surface area contributed by atoms with E-state index in [0.717, 1.165) is 33.8 Å². The summed E-state index contributed by atoms with van der Waals surface area (Å²) in [4.78, 5) is 28.6. The Balaban J connectivity index is 1.77. The van der Waals surface area contributed by atoms with E-state index < -0.39 is 0 Å². The van der Waals surface area contributed by atoms with Crippen LogP contribution in [0.5, 0.6) is 11.5 Å². The van der Waals surface area contributed by atoms with Crippen LogP contribution >= 0.6 is 11.8 Å². The van der Waals surface area contributed by atoms with Crippen molar-refractivity contribution in [2.75, 3.05) is 38.0 Å². The first-order chi connectivity index (χ1) is 19.9. The zero-order valence-corrected chi connectivity index (χ0v) is 24.5. The van der Waals surface area contributed by atoms with Crippen LogP contribution in [0.4, 0.5) is 5.82 Å². The summed E-state index contributed by atoms with van der Waals surface area (Å²) in [6, 6.07) is 25.3. The number of hydrogen-bond donors (Lipinski definition) is 1. The smallest absolute Gasteiger partial charge is 0.240 e. The Hall–Kier alpha value is -4.24. The second kappa shape index (κ2) is 12.5. The van der Waals surface area contributed by atoms with E-state index in [1.165, 1.54) is 11.8 Å². The molecule has 0 unspecified atom stereocenters. The molecule has 0 radical (unpaired) electrons. The van der Waals surface area contributed by atoms with Gasteiger partial charge in [-0.3, -0.25) is 14.5 Å². The van der Waals surface area contributed by atoms with Crippen LogP contribution in [0.15, 0.2) is 78.9 Å². The number of anilines is 1. The number of para-hydroxylation sites is 1. The summed E-state index contributed by atoms with van der Waals surface area (Å²) in [7, 11) is 3.27. The lowest BCUT2D eigenvalue weighted by atomic mass is 9.99. The maximum Gasteiger partial charge on any atom is 0.240 e. The van der Waals surface area contributed by atoms with Gasteiger partial charge in [0.25, 0.3) is 0 Å². The zero-order valence-electron chi connectivity index (χ0n) is 23.7. The van der Waals surface area contributed by atoms with Gasteiger partial charge in [-0.25, -0.2) is 4.68 Å². The van der Waals surface area contributed by atoms with Gasteiger partial charge in [-0.15, -0.1) is 11.8 Å². The number of benzene rings is 3. The molecule has 0 bridgehead atoms. The molecule has 41 heavy (non-hydrogen) atoms. The maximum absolute atomic E-state index is 13.8. The third-order valence-electron chi connectivity index (χ3n) is 6.88. The van der Waals surface area contributed by atoms with Gasteiger partial charge in [-0.2, -0.15) is 5.10 Å². The number of carbonyl (C=O) groups is 2. The zero-order chi connectivity index (χ0) is 28.9. The van der Waals surface area contributed by atoms with E-state index in [1.54, 1.807) is 23.8 Å². The Labute approximate surface area is 244 Å². The summed E-state index contributed by atoms with van der Waals surface area (Å²) in [5, 5.41) is 7.81. The molecule has 212 valence electrons. The van der Waals surface area contributed by atoms with E-state index in [9.17, 15) is 9.59 Å². The van der Waals surface area contributed by atoms with Crippen LogP contribution in [0.3, 0.4) is 0 Å². The lowest BCUT2D eigenvalue weighted by Crippen LogP contribution is -2.43. The van der Waals surface area contributed by atoms with E-state index in [0.29, 0.717) is 18.1 Å². The molecule has 1 aliphatic rings. The molecule has 1 N–H and O–H groups in total. The van der Waals surface area contributed by atoms with Crippen LogP contribution in [0, 0.1) is 5.92 Å². The summed E-state index contributed by atoms with van der Waals surface area (Å²) < 4.78 is 12.9. The van der Waals surface area contributed by atoms with Gasteiger partial charge in [0.15, 0.2) is 0 Å². The van der Waals surface area contributed by atoms with Crippen LogP contribution in [-0.2, 0) is 9.59 Å². The van der Waals surface area contributed by atoms with Gasteiger partial charge in [0, 0.05) is 23.2 Å². The molecular formula is C32H34N4O4S. The van der Waals surface area contributed by atoms with Crippen LogP contribution in [0.25, 0.3) is 16.9 Å². The fourth-order valence-electron chi connectivity index (χ4n) is 4.88. The normalized spacial score (nSPS) is 14.9. The van der Waals surface area contributed by atoms with Crippen molar-refractivity contribution >= 4 is 29.4 Å². The Morgan fingerprint density at radius 1 is 1.00 bits per heavy atom. The minimum absolute atomic E-state index is 0.117. The van der Waals surface area contributed by atoms with Gasteiger partial charge in [-0.1, -0.05) is 62.4 Å². The lowest BCUT2D eigenvalue weighted by molar-refractivity contribution is -0.123. The third-order valence-corrected chi connectivity index (χ3v) is 8.12. The van der Waals surface area contributed by atoms with Gasteiger partial charge in [0.05, 0.1) is 36.6 Å². The van der Waals surface area contributed by atoms with Crippen LogP contribution in [0.1, 0.15) is 30.2 Å². The molecule has 0 fully saturated rings. The van der Waals surface area contributed by atoms with Gasteiger partial charge in [0.2, 0.25) is 11.8 Å². The van der Waals surface area contributed by atoms with Gasteiger partial charge in [0.1, 0.15) is 23.9 Å². The second-order valence-corrected chi connectivity index (χ2v) is 11.3. The van der Waals surface area contributed by atoms with Gasteiger partial charge < -0.3 is 14.8 Å². The van der Waals surface area contributed by atoms with Gasteiger partial charge in [-0.05, 0) is 36.2 Å². The Morgan fingerprint density at radius 3 is 2.39 bits per heavy atom. The number of ether oxygens (including phenoxy) is 2. The van der Waals surface area contributed by atoms with Crippen molar-refractivity contribution in [1.82, 2.24) is 15.1 Å². The van der Waals surface area contributed by atoms with Crippen molar-refractivity contribution < 1.29 is 19.1 Å². The van der Waals surface area contributed by atoms with Crippen molar-refractivity contribution in [2.24, 2.45) is 5.92 Å². The fourth-order valence-corrected chi connectivity index (χ4v) is 6.10. The maximum atomic E-state index is 13.8. The summed E-state index contributed by atoms with van der Waals surface area (Å²) in [5.74, 6) is 2.09. The molecule has 0 saturated heterocycles. The molecular weight excluding hydrogens is 536 g/mol. The van der Waals surface area contributed by atoms with Crippen LogP contribution < -0.4 is 19.7 Å². The highest BCUT2D eigenvalue weighted by molar-refractivity contribution is 8.00. The van der Waals surface area contributed by atoms with E-state index >= 15 is 0 Å². The van der Waals surface area contributed by atoms with E-state index in [2.05, 4.69) is 5.32 Å². The largest absolute Gasteiger partial charge is 0.497 e. The quantitative estimate of drug-likeness (QED) is 0.286. The fraction of sp³-hybridized carbons (Fsp3) is 0.281. The Bertz CT molecular complexity index is 1520. The number of aromatic nitrogens is 2. The summed E-state index contributed by atoms with van der Waals surface area (Å²) in [5.41, 5.74) is 4.18. The first-order valence-electron chi connectivity index (χ1n) is 13.6. The Morgan fingerprint density at radius 2 is 1.71 bits per heavy atom. The molecule has 8 nitrogen and oxygen atoms in total. The predicted molar refractivity (Wildman–Crippen MR) is 163 cm³/mol. The van der Waals surface area contributed by atoms with Crippen molar-refractivity contribution in [3.63, 3.8) is 0 Å². The third kappa shape index (κ3) is 5.95. The molecule has 1 aliphatic heterocycles. The molecule has 0 spiro atoms. The van der Waals surface area contributed by atoms with Crippen LogP contribution in [-0.4, -0.2) is 54.7 Å². The second-order valence-electron chi connectivity index (χ2n) is 10.2. The minimum atomic E-state index is -0.281. The highest BCUT2D eigenvalue weighted by Crippen LogP contribution is 2.50. The van der Waals surface area contributed by atoms with E-state index in [1.807, 2.05) is 92.7 Å². The number of methoxy groups -OCH3 is 2. The number of carbonyl (C=O) groups excluding carboxylic acids is 2. The number of hydrogen-bond acceptors (Lipinski definition) is 6. The average Bonchev–Trinajstić information content (AvgIpc) is 3.33. The molecule has 3 aromatic carbocycles. The summed E-state index contributed by atoms with van der Waals surface area (Å²) in [6.07, 6.45) is 0. The van der Waals surface area contributed by atoms with Crippen molar-refractivity contribution in [1.29, 1.82) is 0 Å². The molecule has 1 aromatic heterocycles. The first-order valence-corrected chi connectivity index (χ1v) is 14.6. The first kappa shape index (κ1) is 28.3. The molecule has 2 heterocycles. The van der Waals surface area contributed by atoms with E-state index in [-0.39, 0.29) is 35.3 Å². The highest BCUT2D eigenvalue weighted by atomic mass is 32.2. The molecule has 0 saturated carbocycles. The average molecular weight is 571 g/mol. The number of nitrogens with one attached hydrogen (secondary N) is 1. The minimum Gasteiger partial charge on any atom is -0.497 e. The number of rotatable bonds is 9. The predicted octanol–water partition coefficient (Wildman–Crippen LogP) is 5.50. The number of fused-ring (bicyclic) bond motifs is 1. The summed E-state index contributed by atoms with van der Waals surface area (Å²) in [6.45, 7) is 4.48. The SMILES string of the molecule is COc1ccc(-n2nc(-c3ccccc3)c3c2N(CC(=O)NCC(C)C)C(=O)CS[C@H]3c2ccccc2OC)cc1. The number of thioether (sulfide) groups is 1.